The topological polar surface area (TPSA) is 79.3 Å². The largest absolute Gasteiger partial charge is 0.481 e. The van der Waals surface area contributed by atoms with Crippen molar-refractivity contribution in [2.24, 2.45) is 0 Å². The van der Waals surface area contributed by atoms with Gasteiger partial charge in [0.25, 0.3) is 5.91 Å². The third-order valence-corrected chi connectivity index (χ3v) is 4.57. The molecule has 0 spiro atoms. The van der Waals surface area contributed by atoms with Crippen molar-refractivity contribution in [2.45, 2.75) is 12.5 Å². The maximum atomic E-state index is 13.1. The minimum absolute atomic E-state index is 0.237. The van der Waals surface area contributed by atoms with Crippen molar-refractivity contribution < 1.29 is 19.1 Å². The second-order valence-corrected chi connectivity index (χ2v) is 6.44. The third kappa shape index (κ3) is 4.31. The van der Waals surface area contributed by atoms with E-state index >= 15 is 0 Å². The molecule has 1 heterocycles. The van der Waals surface area contributed by atoms with Gasteiger partial charge in [-0.15, -0.1) is 11.3 Å². The number of halogens is 1. The Bertz CT molecular complexity index is 910. The van der Waals surface area contributed by atoms with Crippen LogP contribution < -0.4 is 5.32 Å². The number of carbonyl (C=O) groups excluding carboxylic acids is 1. The van der Waals surface area contributed by atoms with Crippen LogP contribution in [0.15, 0.2) is 60.0 Å². The maximum absolute atomic E-state index is 13.1. The van der Waals surface area contributed by atoms with Crippen LogP contribution in [0.3, 0.4) is 0 Å². The van der Waals surface area contributed by atoms with Crippen LogP contribution in [0.1, 0.15) is 27.8 Å². The zero-order valence-corrected chi connectivity index (χ0v) is 14.4. The van der Waals surface area contributed by atoms with Crippen molar-refractivity contribution in [1.82, 2.24) is 10.3 Å². The van der Waals surface area contributed by atoms with Gasteiger partial charge in [-0.05, 0) is 17.7 Å². The average Bonchev–Trinajstić information content (AvgIpc) is 3.12. The molecule has 0 saturated carbocycles. The number of rotatable bonds is 6. The fraction of sp³-hybridized carbons (Fsp3) is 0.105. The van der Waals surface area contributed by atoms with Gasteiger partial charge in [-0.1, -0.05) is 42.5 Å². The summed E-state index contributed by atoms with van der Waals surface area (Å²) in [6.45, 7) is 0. The van der Waals surface area contributed by atoms with Crippen LogP contribution in [0.4, 0.5) is 4.39 Å². The lowest BCUT2D eigenvalue weighted by Gasteiger charge is -2.16. The first-order valence-electron chi connectivity index (χ1n) is 7.82. The fourth-order valence-electron chi connectivity index (χ4n) is 2.46. The van der Waals surface area contributed by atoms with Crippen molar-refractivity contribution in [1.29, 1.82) is 0 Å². The van der Waals surface area contributed by atoms with Gasteiger partial charge < -0.3 is 10.4 Å². The Labute approximate surface area is 153 Å². The summed E-state index contributed by atoms with van der Waals surface area (Å²) >= 11 is 1.18. The second kappa shape index (κ2) is 7.88. The van der Waals surface area contributed by atoms with Gasteiger partial charge in [0.1, 0.15) is 5.82 Å². The van der Waals surface area contributed by atoms with E-state index in [1.165, 1.54) is 35.6 Å². The first-order valence-corrected chi connectivity index (χ1v) is 8.70. The van der Waals surface area contributed by atoms with Crippen LogP contribution in [-0.2, 0) is 4.79 Å². The summed E-state index contributed by atoms with van der Waals surface area (Å²) in [7, 11) is 0. The highest BCUT2D eigenvalue weighted by atomic mass is 32.1. The summed E-state index contributed by atoms with van der Waals surface area (Å²) in [5, 5.41) is 13.8. The predicted molar refractivity (Wildman–Crippen MR) is 96.4 cm³/mol. The monoisotopic (exact) mass is 370 g/mol. The summed E-state index contributed by atoms with van der Waals surface area (Å²) in [5.74, 6) is -1.96. The Morgan fingerprint density at radius 2 is 1.81 bits per heavy atom. The number of thiazole rings is 1. The summed E-state index contributed by atoms with van der Waals surface area (Å²) < 4.78 is 13.1. The predicted octanol–water partition coefficient (Wildman–Crippen LogP) is 3.90. The molecule has 26 heavy (non-hydrogen) atoms. The van der Waals surface area contributed by atoms with Crippen molar-refractivity contribution in [3.05, 3.63) is 76.4 Å². The summed E-state index contributed by atoms with van der Waals surface area (Å²) in [6.07, 6.45) is -0.311. The van der Waals surface area contributed by atoms with Crippen molar-refractivity contribution in [3.63, 3.8) is 0 Å². The summed E-state index contributed by atoms with van der Waals surface area (Å²) in [6, 6.07) is 14.0. The van der Waals surface area contributed by atoms with Gasteiger partial charge in [0.15, 0.2) is 5.01 Å². The quantitative estimate of drug-likeness (QED) is 0.690. The van der Waals surface area contributed by atoms with Crippen molar-refractivity contribution in [3.8, 4) is 11.3 Å². The summed E-state index contributed by atoms with van der Waals surface area (Å²) in [5.41, 5.74) is 2.09. The van der Waals surface area contributed by atoms with Gasteiger partial charge in [0, 0.05) is 10.9 Å². The lowest BCUT2D eigenvalue weighted by molar-refractivity contribution is -0.137. The normalized spacial score (nSPS) is 11.7. The van der Waals surface area contributed by atoms with Crippen molar-refractivity contribution in [2.75, 3.05) is 0 Å². The van der Waals surface area contributed by atoms with E-state index in [-0.39, 0.29) is 11.4 Å². The molecular formula is C19H15FN2O3S. The molecule has 3 aromatic rings. The van der Waals surface area contributed by atoms with Gasteiger partial charge in [-0.3, -0.25) is 9.59 Å². The number of carboxylic acid groups (broad SMARTS) is 1. The van der Waals surface area contributed by atoms with Gasteiger partial charge in [0.05, 0.1) is 18.2 Å². The van der Waals surface area contributed by atoms with Gasteiger partial charge in [-0.2, -0.15) is 0 Å². The van der Waals surface area contributed by atoms with Crippen LogP contribution in [0.5, 0.6) is 0 Å². The molecule has 0 aliphatic rings. The number of aliphatic carboxylic acids is 1. The molecule has 0 aliphatic carbocycles. The van der Waals surface area contributed by atoms with Crippen molar-refractivity contribution >= 4 is 23.2 Å². The first kappa shape index (κ1) is 17.8. The Morgan fingerprint density at radius 1 is 1.12 bits per heavy atom. The number of carboxylic acids is 1. The lowest BCUT2D eigenvalue weighted by Crippen LogP contribution is -2.30. The molecule has 3 rings (SSSR count). The molecule has 7 heteroatoms. The van der Waals surface area contributed by atoms with E-state index in [1.54, 1.807) is 5.38 Å². The van der Waals surface area contributed by atoms with E-state index < -0.39 is 23.7 Å². The molecule has 0 radical (unpaired) electrons. The number of hydrogen-bond donors (Lipinski definition) is 2. The zero-order valence-electron chi connectivity index (χ0n) is 13.6. The molecule has 0 bridgehead atoms. The van der Waals surface area contributed by atoms with E-state index in [0.29, 0.717) is 11.3 Å². The van der Waals surface area contributed by atoms with E-state index in [9.17, 15) is 14.0 Å². The molecule has 1 atom stereocenters. The highest BCUT2D eigenvalue weighted by Gasteiger charge is 2.21. The molecular weight excluding hydrogens is 355 g/mol. The third-order valence-electron chi connectivity index (χ3n) is 3.72. The van der Waals surface area contributed by atoms with E-state index in [1.807, 2.05) is 30.3 Å². The summed E-state index contributed by atoms with van der Waals surface area (Å²) in [4.78, 5) is 27.9. The van der Waals surface area contributed by atoms with E-state index in [2.05, 4.69) is 10.3 Å². The smallest absolute Gasteiger partial charge is 0.305 e. The van der Waals surface area contributed by atoms with Crippen LogP contribution in [-0.4, -0.2) is 22.0 Å². The lowest BCUT2D eigenvalue weighted by atomic mass is 10.0. The van der Waals surface area contributed by atoms with E-state index in [4.69, 9.17) is 5.11 Å². The Morgan fingerprint density at radius 3 is 2.46 bits per heavy atom. The molecule has 1 amide bonds. The average molecular weight is 370 g/mol. The second-order valence-electron chi connectivity index (χ2n) is 5.58. The molecule has 132 valence electrons. The van der Waals surface area contributed by atoms with Gasteiger partial charge in [-0.25, -0.2) is 9.37 Å². The molecule has 1 aromatic heterocycles. The number of benzene rings is 2. The molecule has 0 fully saturated rings. The van der Waals surface area contributed by atoms with Crippen LogP contribution in [0.25, 0.3) is 11.3 Å². The standard InChI is InChI=1S/C19H15FN2O3S/c20-14-8-6-13(7-9-14)15(10-17(23)24)21-18(25)19-22-16(11-26-19)12-4-2-1-3-5-12/h1-9,11,15H,10H2,(H,21,25)(H,23,24)/t15-/m0/s1. The number of hydrogen-bond acceptors (Lipinski definition) is 4. The maximum Gasteiger partial charge on any atom is 0.305 e. The number of carbonyl (C=O) groups is 2. The highest BCUT2D eigenvalue weighted by molar-refractivity contribution is 7.12. The molecule has 0 unspecified atom stereocenters. The molecule has 0 saturated heterocycles. The molecule has 2 N–H and O–H groups in total. The Hall–Kier alpha value is -3.06. The van der Waals surface area contributed by atoms with Crippen LogP contribution in [0.2, 0.25) is 0 Å². The number of amides is 1. The van der Waals surface area contributed by atoms with Crippen LogP contribution >= 0.6 is 11.3 Å². The minimum Gasteiger partial charge on any atom is -0.481 e. The van der Waals surface area contributed by atoms with Crippen LogP contribution in [0, 0.1) is 5.82 Å². The Kier molecular flexibility index (Phi) is 5.38. The van der Waals surface area contributed by atoms with E-state index in [0.717, 1.165) is 5.56 Å². The fourth-order valence-corrected chi connectivity index (χ4v) is 3.19. The number of nitrogens with zero attached hydrogens (tertiary/aromatic N) is 1. The highest BCUT2D eigenvalue weighted by Crippen LogP contribution is 2.23. The molecule has 0 aliphatic heterocycles. The number of aromatic nitrogens is 1. The Balaban J connectivity index is 1.78. The number of nitrogens with one attached hydrogen (secondary N) is 1. The zero-order chi connectivity index (χ0) is 18.5. The first-order chi connectivity index (χ1) is 12.5. The molecule has 2 aromatic carbocycles. The van der Waals surface area contributed by atoms with Gasteiger partial charge >= 0.3 is 5.97 Å². The van der Waals surface area contributed by atoms with Gasteiger partial charge in [0.2, 0.25) is 0 Å². The molecule has 5 nitrogen and oxygen atoms in total. The SMILES string of the molecule is O=C(O)C[C@H](NC(=O)c1nc(-c2ccccc2)cs1)c1ccc(F)cc1. The minimum atomic E-state index is -1.07.